The van der Waals surface area contributed by atoms with Gasteiger partial charge in [-0.2, -0.15) is 29.0 Å². The molecule has 1 aromatic carbocycles. The third-order valence-electron chi connectivity index (χ3n) is 4.65. The molecule has 144 valence electrons. The number of benzene rings is 1. The minimum atomic E-state index is -4.88. The van der Waals surface area contributed by atoms with Crippen molar-refractivity contribution in [3.63, 3.8) is 0 Å². The Labute approximate surface area is 161 Å². The maximum atomic E-state index is 13.9. The Morgan fingerprint density at radius 3 is 2.00 bits per heavy atom. The van der Waals surface area contributed by atoms with Crippen molar-refractivity contribution in [1.29, 1.82) is 15.8 Å². The van der Waals surface area contributed by atoms with Gasteiger partial charge in [0, 0.05) is 24.4 Å². The number of nitrogens with zero attached hydrogens (tertiary/aromatic N) is 4. The fourth-order valence-corrected chi connectivity index (χ4v) is 3.11. The predicted molar refractivity (Wildman–Crippen MR) is 96.3 cm³/mol. The Morgan fingerprint density at radius 1 is 1.07 bits per heavy atom. The minimum absolute atomic E-state index is 0.137. The van der Waals surface area contributed by atoms with E-state index in [4.69, 9.17) is 15.3 Å². The molecule has 1 heterocycles. The van der Waals surface area contributed by atoms with Crippen molar-refractivity contribution in [2.75, 3.05) is 18.0 Å². The van der Waals surface area contributed by atoms with Crippen LogP contribution >= 0.6 is 0 Å². The number of nitriles is 3. The van der Waals surface area contributed by atoms with Gasteiger partial charge in [-0.3, -0.25) is 0 Å². The monoisotopic (exact) mass is 386 g/mol. The smallest absolute Gasteiger partial charge is 0.432 e. The Hall–Kier alpha value is -3.44. The molecule has 1 aromatic rings. The second-order valence-electron chi connectivity index (χ2n) is 6.14. The molecule has 1 unspecified atom stereocenters. The summed E-state index contributed by atoms with van der Waals surface area (Å²) < 4.78 is 46.7. The first-order valence-corrected chi connectivity index (χ1v) is 8.49. The summed E-state index contributed by atoms with van der Waals surface area (Å²) in [5, 5.41) is 27.6. The highest BCUT2D eigenvalue weighted by Gasteiger charge is 2.61. The normalized spacial score (nSPS) is 18.8. The van der Waals surface area contributed by atoms with E-state index in [9.17, 15) is 18.4 Å². The first-order valence-electron chi connectivity index (χ1n) is 8.49. The number of ether oxygens (including phenoxy) is 1. The lowest BCUT2D eigenvalue weighted by Crippen LogP contribution is -2.43. The summed E-state index contributed by atoms with van der Waals surface area (Å²) in [5.74, 6) is -0.643. The average Bonchev–Trinajstić information content (AvgIpc) is 2.98. The number of halogens is 3. The maximum Gasteiger partial charge on any atom is 0.432 e. The van der Waals surface area contributed by atoms with Crippen LogP contribution in [0.2, 0.25) is 0 Å². The lowest BCUT2D eigenvalue weighted by atomic mass is 9.87. The van der Waals surface area contributed by atoms with Gasteiger partial charge in [-0.25, -0.2) is 0 Å². The van der Waals surface area contributed by atoms with E-state index < -0.39 is 34.3 Å². The summed E-state index contributed by atoms with van der Waals surface area (Å²) in [6.45, 7) is 6.17. The lowest BCUT2D eigenvalue weighted by Gasteiger charge is -2.30. The van der Waals surface area contributed by atoms with Crippen molar-refractivity contribution in [3.8, 4) is 18.2 Å². The van der Waals surface area contributed by atoms with Crippen LogP contribution in [0.3, 0.4) is 0 Å². The van der Waals surface area contributed by atoms with E-state index in [0.717, 1.165) is 25.7 Å². The molecule has 0 fully saturated rings. The fraction of sp³-hybridized carbons (Fsp3) is 0.350. The number of hydrogen-bond donors (Lipinski definition) is 0. The van der Waals surface area contributed by atoms with Gasteiger partial charge in [-0.1, -0.05) is 12.1 Å². The molecule has 5 nitrogen and oxygen atoms in total. The quantitative estimate of drug-likeness (QED) is 0.713. The zero-order valence-electron chi connectivity index (χ0n) is 15.6. The van der Waals surface area contributed by atoms with Gasteiger partial charge in [0.05, 0.1) is 0 Å². The molecule has 0 saturated carbocycles. The van der Waals surface area contributed by atoms with Crippen molar-refractivity contribution >= 4 is 11.3 Å². The van der Waals surface area contributed by atoms with Crippen LogP contribution in [0.15, 0.2) is 41.2 Å². The molecule has 1 atom stereocenters. The molecule has 28 heavy (non-hydrogen) atoms. The number of hydrogen-bond acceptors (Lipinski definition) is 5. The van der Waals surface area contributed by atoms with Gasteiger partial charge in [-0.15, -0.1) is 0 Å². The standard InChI is InChI=1S/C20H17F3N4O/c1-4-27(5-2)15-8-6-13(7-9-15)17-16(12-26)18(14(10-24)11-25)28-19(17,3)20(21,22)23/h6-9H,4-5H2,1-3H3. The van der Waals surface area contributed by atoms with Crippen LogP contribution in [0.4, 0.5) is 18.9 Å². The molecule has 0 aliphatic carbocycles. The third-order valence-corrected chi connectivity index (χ3v) is 4.65. The number of allylic oxidation sites excluding steroid dienone is 2. The minimum Gasteiger partial charge on any atom is -0.470 e. The summed E-state index contributed by atoms with van der Waals surface area (Å²) in [4.78, 5) is 2.02. The number of rotatable bonds is 4. The Kier molecular flexibility index (Phi) is 5.71. The van der Waals surface area contributed by atoms with Gasteiger partial charge in [0.25, 0.3) is 0 Å². The highest BCUT2D eigenvalue weighted by molar-refractivity contribution is 5.85. The highest BCUT2D eigenvalue weighted by Crippen LogP contribution is 2.52. The van der Waals surface area contributed by atoms with Crippen molar-refractivity contribution in [2.45, 2.75) is 32.5 Å². The van der Waals surface area contributed by atoms with E-state index in [1.807, 2.05) is 18.7 Å². The molecule has 0 N–H and O–H groups in total. The first-order chi connectivity index (χ1) is 13.2. The highest BCUT2D eigenvalue weighted by atomic mass is 19.4. The van der Waals surface area contributed by atoms with Crippen LogP contribution in [0, 0.1) is 34.0 Å². The van der Waals surface area contributed by atoms with Gasteiger partial charge >= 0.3 is 6.18 Å². The summed E-state index contributed by atoms with van der Waals surface area (Å²) in [6, 6.07) is 11.0. The summed E-state index contributed by atoms with van der Waals surface area (Å²) >= 11 is 0. The molecule has 8 heteroatoms. The van der Waals surface area contributed by atoms with Crippen molar-refractivity contribution < 1.29 is 17.9 Å². The molecule has 0 amide bonds. The largest absolute Gasteiger partial charge is 0.470 e. The van der Waals surface area contributed by atoms with Crippen LogP contribution in [0.25, 0.3) is 5.57 Å². The van der Waals surface area contributed by atoms with Gasteiger partial charge in [0.1, 0.15) is 23.8 Å². The van der Waals surface area contributed by atoms with Gasteiger partial charge < -0.3 is 9.64 Å². The molecule has 1 aliphatic rings. The second kappa shape index (κ2) is 7.66. The summed E-state index contributed by atoms with van der Waals surface area (Å²) in [7, 11) is 0. The Morgan fingerprint density at radius 2 is 1.61 bits per heavy atom. The van der Waals surface area contributed by atoms with E-state index in [1.54, 1.807) is 18.2 Å². The van der Waals surface area contributed by atoms with Crippen molar-refractivity contribution in [3.05, 3.63) is 46.7 Å². The predicted octanol–water partition coefficient (Wildman–Crippen LogP) is 4.46. The third kappa shape index (κ3) is 3.28. The SMILES string of the molecule is CCN(CC)c1ccc(C2=C(C#N)C(=C(C#N)C#N)OC2(C)C(F)(F)F)cc1. The molecule has 0 radical (unpaired) electrons. The van der Waals surface area contributed by atoms with Gasteiger partial charge in [0.2, 0.25) is 5.60 Å². The average molecular weight is 386 g/mol. The van der Waals surface area contributed by atoms with E-state index >= 15 is 0 Å². The van der Waals surface area contributed by atoms with Crippen LogP contribution in [-0.2, 0) is 4.74 Å². The van der Waals surface area contributed by atoms with Crippen LogP contribution < -0.4 is 4.90 Å². The van der Waals surface area contributed by atoms with E-state index in [0.29, 0.717) is 0 Å². The molecular weight excluding hydrogens is 369 g/mol. The molecule has 0 aromatic heterocycles. The van der Waals surface area contributed by atoms with E-state index in [2.05, 4.69) is 0 Å². The van der Waals surface area contributed by atoms with E-state index in [-0.39, 0.29) is 5.56 Å². The topological polar surface area (TPSA) is 83.8 Å². The number of alkyl halides is 3. The molecule has 1 aliphatic heterocycles. The number of anilines is 1. The Bertz CT molecular complexity index is 936. The summed E-state index contributed by atoms with van der Waals surface area (Å²) in [6.07, 6.45) is -4.88. The summed E-state index contributed by atoms with van der Waals surface area (Å²) in [5.41, 5.74) is -3.45. The van der Waals surface area contributed by atoms with Crippen LogP contribution in [-0.4, -0.2) is 24.9 Å². The maximum absolute atomic E-state index is 13.9. The van der Waals surface area contributed by atoms with Crippen molar-refractivity contribution in [1.82, 2.24) is 0 Å². The zero-order chi connectivity index (χ0) is 21.1. The molecule has 0 bridgehead atoms. The van der Waals surface area contributed by atoms with E-state index in [1.165, 1.54) is 24.3 Å². The van der Waals surface area contributed by atoms with Gasteiger partial charge in [-0.05, 0) is 38.5 Å². The first kappa shape index (κ1) is 20.9. The van der Waals surface area contributed by atoms with Crippen LogP contribution in [0.1, 0.15) is 26.3 Å². The van der Waals surface area contributed by atoms with Crippen LogP contribution in [0.5, 0.6) is 0 Å². The fourth-order valence-electron chi connectivity index (χ4n) is 3.11. The second-order valence-corrected chi connectivity index (χ2v) is 6.14. The molecular formula is C20H17F3N4O. The van der Waals surface area contributed by atoms with Crippen molar-refractivity contribution in [2.24, 2.45) is 0 Å². The zero-order valence-corrected chi connectivity index (χ0v) is 15.6. The lowest BCUT2D eigenvalue weighted by molar-refractivity contribution is -0.229. The molecule has 2 rings (SSSR count). The molecule has 0 saturated heterocycles. The molecule has 0 spiro atoms. The Balaban J connectivity index is 2.77. The van der Waals surface area contributed by atoms with Gasteiger partial charge in [0.15, 0.2) is 11.3 Å².